The van der Waals surface area contributed by atoms with Crippen molar-refractivity contribution >= 4 is 17.5 Å². The monoisotopic (exact) mass is 391 g/mol. The molecule has 0 aliphatic heterocycles. The van der Waals surface area contributed by atoms with Crippen molar-refractivity contribution < 1.29 is 14.0 Å². The highest BCUT2D eigenvalue weighted by atomic mass is 16.4. The van der Waals surface area contributed by atoms with E-state index >= 15 is 0 Å². The fourth-order valence-corrected chi connectivity index (χ4v) is 2.96. The van der Waals surface area contributed by atoms with Gasteiger partial charge in [-0.05, 0) is 31.9 Å². The number of hydrogen-bond acceptors (Lipinski definition) is 4. The summed E-state index contributed by atoms with van der Waals surface area (Å²) in [6, 6.07) is 13.8. The Balaban J connectivity index is 1.45. The van der Waals surface area contributed by atoms with Crippen LogP contribution in [0.5, 0.6) is 0 Å². The summed E-state index contributed by atoms with van der Waals surface area (Å²) in [5, 5.41) is 5.48. The molecular weight excluding hydrogens is 366 g/mol. The van der Waals surface area contributed by atoms with Gasteiger partial charge in [0.15, 0.2) is 11.7 Å². The quantitative estimate of drug-likeness (QED) is 0.639. The van der Waals surface area contributed by atoms with Crippen LogP contribution in [0.1, 0.15) is 29.0 Å². The van der Waals surface area contributed by atoms with Gasteiger partial charge >= 0.3 is 0 Å². The first kappa shape index (κ1) is 20.3. The van der Waals surface area contributed by atoms with Crippen molar-refractivity contribution in [2.45, 2.75) is 33.6 Å². The van der Waals surface area contributed by atoms with Gasteiger partial charge in [-0.1, -0.05) is 48.0 Å². The minimum atomic E-state index is -0.256. The highest BCUT2D eigenvalue weighted by Crippen LogP contribution is 2.21. The van der Waals surface area contributed by atoms with E-state index < -0.39 is 0 Å². The summed E-state index contributed by atoms with van der Waals surface area (Å²) < 4.78 is 5.72. The standard InChI is InChI=1S/C23H25N3O3/c1-15-7-9-18(10-8-15)19-13-25-22(29-19)12-11-20(27)24-14-21(28)26-23-16(2)5-4-6-17(23)3/h4-10,13H,11-12,14H2,1-3H3,(H,24,27)(H,26,28). The molecule has 0 saturated heterocycles. The maximum absolute atomic E-state index is 12.1. The summed E-state index contributed by atoms with van der Waals surface area (Å²) >= 11 is 0. The Kier molecular flexibility index (Phi) is 6.44. The van der Waals surface area contributed by atoms with Gasteiger partial charge in [0.1, 0.15) is 0 Å². The molecule has 0 unspecified atom stereocenters. The summed E-state index contributed by atoms with van der Waals surface area (Å²) in [5.74, 6) is 0.689. The van der Waals surface area contributed by atoms with E-state index in [0.29, 0.717) is 18.1 Å². The highest BCUT2D eigenvalue weighted by molar-refractivity contribution is 5.95. The number of aryl methyl sites for hydroxylation is 4. The highest BCUT2D eigenvalue weighted by Gasteiger charge is 2.11. The van der Waals surface area contributed by atoms with Crippen molar-refractivity contribution in [1.29, 1.82) is 0 Å². The molecule has 2 aromatic carbocycles. The van der Waals surface area contributed by atoms with Gasteiger partial charge in [0, 0.05) is 24.1 Å². The molecule has 6 heteroatoms. The Bertz CT molecular complexity index is 986. The maximum atomic E-state index is 12.1. The molecule has 0 spiro atoms. The van der Waals surface area contributed by atoms with Crippen LogP contribution in [0.3, 0.4) is 0 Å². The predicted octanol–water partition coefficient (Wildman–Crippen LogP) is 3.95. The molecule has 6 nitrogen and oxygen atoms in total. The first-order valence-corrected chi connectivity index (χ1v) is 9.57. The van der Waals surface area contributed by atoms with E-state index in [-0.39, 0.29) is 24.8 Å². The van der Waals surface area contributed by atoms with E-state index in [0.717, 1.165) is 22.4 Å². The van der Waals surface area contributed by atoms with Gasteiger partial charge in [-0.15, -0.1) is 0 Å². The summed E-state index contributed by atoms with van der Waals surface area (Å²) in [6.07, 6.45) is 2.23. The number of anilines is 1. The molecule has 29 heavy (non-hydrogen) atoms. The number of nitrogens with one attached hydrogen (secondary N) is 2. The molecule has 2 N–H and O–H groups in total. The average Bonchev–Trinajstić information content (AvgIpc) is 3.17. The zero-order valence-electron chi connectivity index (χ0n) is 16.9. The predicted molar refractivity (Wildman–Crippen MR) is 113 cm³/mol. The second-order valence-corrected chi connectivity index (χ2v) is 7.08. The van der Waals surface area contributed by atoms with Gasteiger partial charge in [0.05, 0.1) is 12.7 Å². The van der Waals surface area contributed by atoms with Crippen molar-refractivity contribution in [2.24, 2.45) is 0 Å². The molecule has 0 aliphatic rings. The Morgan fingerprint density at radius 3 is 2.34 bits per heavy atom. The van der Waals surface area contributed by atoms with E-state index in [2.05, 4.69) is 15.6 Å². The molecule has 0 bridgehead atoms. The van der Waals surface area contributed by atoms with Gasteiger partial charge in [-0.3, -0.25) is 9.59 Å². The second-order valence-electron chi connectivity index (χ2n) is 7.08. The topological polar surface area (TPSA) is 84.2 Å². The van der Waals surface area contributed by atoms with Crippen LogP contribution in [0.15, 0.2) is 53.1 Å². The Morgan fingerprint density at radius 2 is 1.66 bits per heavy atom. The number of hydrogen-bond donors (Lipinski definition) is 2. The van der Waals surface area contributed by atoms with Crippen molar-refractivity contribution in [3.05, 3.63) is 71.2 Å². The van der Waals surface area contributed by atoms with Crippen LogP contribution in [0.2, 0.25) is 0 Å². The van der Waals surface area contributed by atoms with Crippen LogP contribution >= 0.6 is 0 Å². The molecule has 0 atom stereocenters. The number of carbonyl (C=O) groups is 2. The van der Waals surface area contributed by atoms with E-state index in [4.69, 9.17) is 4.42 Å². The molecule has 0 fully saturated rings. The van der Waals surface area contributed by atoms with E-state index in [1.165, 1.54) is 5.56 Å². The number of aromatic nitrogens is 1. The third-order valence-electron chi connectivity index (χ3n) is 4.65. The van der Waals surface area contributed by atoms with Gasteiger partial charge in [-0.25, -0.2) is 4.98 Å². The Labute approximate surface area is 170 Å². The van der Waals surface area contributed by atoms with Crippen LogP contribution in [0.4, 0.5) is 5.69 Å². The normalized spacial score (nSPS) is 10.6. The van der Waals surface area contributed by atoms with Gasteiger partial charge < -0.3 is 15.1 Å². The Morgan fingerprint density at radius 1 is 0.966 bits per heavy atom. The van der Waals surface area contributed by atoms with Crippen molar-refractivity contribution in [2.75, 3.05) is 11.9 Å². The summed E-state index contributed by atoms with van der Waals surface area (Å²) in [5.41, 5.74) is 4.87. The number of para-hydroxylation sites is 1. The summed E-state index contributed by atoms with van der Waals surface area (Å²) in [6.45, 7) is 5.81. The number of carbonyl (C=O) groups excluding carboxylic acids is 2. The van der Waals surface area contributed by atoms with Crippen LogP contribution in [-0.2, 0) is 16.0 Å². The molecule has 1 aromatic heterocycles. The van der Waals surface area contributed by atoms with Crippen LogP contribution in [0, 0.1) is 20.8 Å². The third kappa shape index (κ3) is 5.54. The minimum absolute atomic E-state index is 0.0766. The maximum Gasteiger partial charge on any atom is 0.243 e. The lowest BCUT2D eigenvalue weighted by Crippen LogP contribution is -2.33. The van der Waals surface area contributed by atoms with Gasteiger partial charge in [-0.2, -0.15) is 0 Å². The molecule has 3 rings (SSSR count). The largest absolute Gasteiger partial charge is 0.441 e. The van der Waals surface area contributed by atoms with Crippen molar-refractivity contribution in [3.63, 3.8) is 0 Å². The SMILES string of the molecule is Cc1ccc(-c2cnc(CCC(=O)NCC(=O)Nc3c(C)cccc3C)o2)cc1. The Hall–Kier alpha value is -3.41. The summed E-state index contributed by atoms with van der Waals surface area (Å²) in [7, 11) is 0. The van der Waals surface area contributed by atoms with Gasteiger partial charge in [0.2, 0.25) is 11.8 Å². The molecule has 2 amide bonds. The number of nitrogens with zero attached hydrogens (tertiary/aromatic N) is 1. The zero-order chi connectivity index (χ0) is 20.8. The number of benzene rings is 2. The smallest absolute Gasteiger partial charge is 0.243 e. The first-order chi connectivity index (χ1) is 13.9. The molecule has 0 saturated carbocycles. The van der Waals surface area contributed by atoms with Crippen LogP contribution in [-0.4, -0.2) is 23.3 Å². The van der Waals surface area contributed by atoms with E-state index in [1.54, 1.807) is 6.20 Å². The molecule has 150 valence electrons. The van der Waals surface area contributed by atoms with Crippen LogP contribution < -0.4 is 10.6 Å². The third-order valence-corrected chi connectivity index (χ3v) is 4.65. The van der Waals surface area contributed by atoms with Crippen molar-refractivity contribution in [1.82, 2.24) is 10.3 Å². The average molecular weight is 391 g/mol. The lowest BCUT2D eigenvalue weighted by atomic mass is 10.1. The first-order valence-electron chi connectivity index (χ1n) is 9.57. The van der Waals surface area contributed by atoms with E-state index in [1.807, 2.05) is 63.2 Å². The second kappa shape index (κ2) is 9.19. The van der Waals surface area contributed by atoms with Crippen molar-refractivity contribution in [3.8, 4) is 11.3 Å². The number of oxazole rings is 1. The van der Waals surface area contributed by atoms with Crippen LogP contribution in [0.25, 0.3) is 11.3 Å². The van der Waals surface area contributed by atoms with E-state index in [9.17, 15) is 9.59 Å². The lowest BCUT2D eigenvalue weighted by Gasteiger charge is -2.11. The fraction of sp³-hybridized carbons (Fsp3) is 0.261. The molecule has 3 aromatic rings. The molecular formula is C23H25N3O3. The minimum Gasteiger partial charge on any atom is -0.441 e. The zero-order valence-corrected chi connectivity index (χ0v) is 16.9. The van der Waals surface area contributed by atoms with Gasteiger partial charge in [0.25, 0.3) is 0 Å². The molecule has 1 heterocycles. The molecule has 0 aliphatic carbocycles. The number of amides is 2. The molecule has 0 radical (unpaired) electrons. The lowest BCUT2D eigenvalue weighted by molar-refractivity contribution is -0.124. The summed E-state index contributed by atoms with van der Waals surface area (Å²) in [4.78, 5) is 28.4. The fourth-order valence-electron chi connectivity index (χ4n) is 2.96. The number of rotatable bonds is 7.